The Morgan fingerprint density at radius 2 is 2.25 bits per heavy atom. The molecule has 2 aromatic rings. The van der Waals surface area contributed by atoms with Crippen LogP contribution in [0.2, 0.25) is 0 Å². The van der Waals surface area contributed by atoms with Crippen LogP contribution in [0.15, 0.2) is 35.7 Å². The molecule has 0 aromatic carbocycles. The molecule has 0 atom stereocenters. The number of thioether (sulfide) groups is 1. The lowest BCUT2D eigenvalue weighted by molar-refractivity contribution is 0.102. The number of hydrogen-bond acceptors (Lipinski definition) is 4. The highest BCUT2D eigenvalue weighted by atomic mass is 32.2. The second-order valence-corrected chi connectivity index (χ2v) is 6.11. The fourth-order valence-electron chi connectivity index (χ4n) is 2.34. The molecule has 20 heavy (non-hydrogen) atoms. The number of nitrogens with zero attached hydrogens (tertiary/aromatic N) is 2. The zero-order chi connectivity index (χ0) is 13.8. The molecule has 1 fully saturated rings. The molecule has 6 heteroatoms. The summed E-state index contributed by atoms with van der Waals surface area (Å²) < 4.78 is 0. The molecule has 2 heterocycles. The minimum absolute atomic E-state index is 0.139. The standard InChI is InChI=1S/C14H16N4OS/c19-13(18-10-8-16-17-9-10)12-6-3-7-15-14(12)20-11-4-1-2-5-11/h3,6-9,11H,1-2,4-5H2,(H,16,17)(H,18,19). The number of aromatic nitrogens is 3. The number of aromatic amines is 1. The summed E-state index contributed by atoms with van der Waals surface area (Å²) in [6, 6.07) is 3.61. The topological polar surface area (TPSA) is 70.7 Å². The Morgan fingerprint density at radius 1 is 1.40 bits per heavy atom. The molecule has 0 unspecified atom stereocenters. The molecular formula is C14H16N4OS. The van der Waals surface area contributed by atoms with Crippen LogP contribution in [0, 0.1) is 0 Å². The van der Waals surface area contributed by atoms with E-state index in [9.17, 15) is 4.79 Å². The molecule has 1 aliphatic rings. The Morgan fingerprint density at radius 3 is 3.00 bits per heavy atom. The summed E-state index contributed by atoms with van der Waals surface area (Å²) in [6.07, 6.45) is 9.96. The summed E-state index contributed by atoms with van der Waals surface area (Å²) in [5.41, 5.74) is 1.29. The molecule has 0 aliphatic heterocycles. The van der Waals surface area contributed by atoms with Gasteiger partial charge in [-0.3, -0.25) is 9.89 Å². The first-order valence-corrected chi connectivity index (χ1v) is 7.63. The van der Waals surface area contributed by atoms with Gasteiger partial charge in [-0.05, 0) is 25.0 Å². The van der Waals surface area contributed by atoms with Gasteiger partial charge in [0, 0.05) is 17.6 Å². The second kappa shape index (κ2) is 6.09. The first-order valence-electron chi connectivity index (χ1n) is 6.75. The smallest absolute Gasteiger partial charge is 0.258 e. The minimum Gasteiger partial charge on any atom is -0.319 e. The molecular weight excluding hydrogens is 272 g/mol. The van der Waals surface area contributed by atoms with Crippen molar-refractivity contribution in [3.05, 3.63) is 36.3 Å². The van der Waals surface area contributed by atoms with Gasteiger partial charge in [0.05, 0.1) is 17.4 Å². The van der Waals surface area contributed by atoms with Crippen molar-refractivity contribution in [2.75, 3.05) is 5.32 Å². The van der Waals surface area contributed by atoms with Crippen molar-refractivity contribution in [1.29, 1.82) is 0 Å². The van der Waals surface area contributed by atoms with Gasteiger partial charge in [0.15, 0.2) is 0 Å². The summed E-state index contributed by atoms with van der Waals surface area (Å²) >= 11 is 1.72. The molecule has 104 valence electrons. The molecule has 2 N–H and O–H groups in total. The fourth-order valence-corrected chi connectivity index (χ4v) is 3.63. The molecule has 0 bridgehead atoms. The van der Waals surface area contributed by atoms with Gasteiger partial charge >= 0.3 is 0 Å². The quantitative estimate of drug-likeness (QED) is 0.907. The number of nitrogens with one attached hydrogen (secondary N) is 2. The van der Waals surface area contributed by atoms with Crippen LogP contribution in [0.5, 0.6) is 0 Å². The number of carbonyl (C=O) groups is 1. The Kier molecular flexibility index (Phi) is 4.01. The number of carbonyl (C=O) groups excluding carboxylic acids is 1. The lowest BCUT2D eigenvalue weighted by atomic mass is 10.2. The molecule has 1 aliphatic carbocycles. The van der Waals surface area contributed by atoms with Crippen molar-refractivity contribution in [3.8, 4) is 0 Å². The largest absolute Gasteiger partial charge is 0.319 e. The number of H-pyrrole nitrogens is 1. The molecule has 1 saturated carbocycles. The van der Waals surface area contributed by atoms with E-state index in [0.29, 0.717) is 16.5 Å². The monoisotopic (exact) mass is 288 g/mol. The van der Waals surface area contributed by atoms with E-state index in [1.807, 2.05) is 6.07 Å². The Bertz CT molecular complexity index is 579. The van der Waals surface area contributed by atoms with Crippen LogP contribution < -0.4 is 5.32 Å². The zero-order valence-corrected chi connectivity index (χ0v) is 11.8. The average Bonchev–Trinajstić information content (AvgIpc) is 3.13. The summed E-state index contributed by atoms with van der Waals surface area (Å²) in [5, 5.41) is 10.7. The third-order valence-electron chi connectivity index (χ3n) is 3.35. The predicted molar refractivity (Wildman–Crippen MR) is 78.9 cm³/mol. The summed E-state index contributed by atoms with van der Waals surface area (Å²) in [7, 11) is 0. The summed E-state index contributed by atoms with van der Waals surface area (Å²) in [4.78, 5) is 16.7. The van der Waals surface area contributed by atoms with Gasteiger partial charge in [-0.15, -0.1) is 11.8 Å². The van der Waals surface area contributed by atoms with Crippen molar-refractivity contribution >= 4 is 23.4 Å². The van der Waals surface area contributed by atoms with E-state index in [1.165, 1.54) is 25.7 Å². The molecule has 0 saturated heterocycles. The Balaban J connectivity index is 1.76. The third kappa shape index (κ3) is 3.01. The molecule has 3 rings (SSSR count). The zero-order valence-electron chi connectivity index (χ0n) is 11.0. The Hall–Kier alpha value is -1.82. The maximum atomic E-state index is 12.3. The first-order chi connectivity index (χ1) is 9.83. The van der Waals surface area contributed by atoms with Crippen molar-refractivity contribution in [2.45, 2.75) is 36.0 Å². The van der Waals surface area contributed by atoms with E-state index in [2.05, 4.69) is 20.5 Å². The summed E-state index contributed by atoms with van der Waals surface area (Å²) in [6.45, 7) is 0. The minimum atomic E-state index is -0.139. The van der Waals surface area contributed by atoms with Crippen LogP contribution in [0.25, 0.3) is 0 Å². The van der Waals surface area contributed by atoms with Crippen LogP contribution in [-0.4, -0.2) is 26.3 Å². The average molecular weight is 288 g/mol. The van der Waals surface area contributed by atoms with Crippen molar-refractivity contribution in [1.82, 2.24) is 15.2 Å². The second-order valence-electron chi connectivity index (χ2n) is 4.82. The van der Waals surface area contributed by atoms with Gasteiger partial charge in [0.1, 0.15) is 5.03 Å². The van der Waals surface area contributed by atoms with Gasteiger partial charge in [-0.25, -0.2) is 4.98 Å². The fraction of sp³-hybridized carbons (Fsp3) is 0.357. The number of pyridine rings is 1. The SMILES string of the molecule is O=C(Nc1cn[nH]c1)c1cccnc1SC1CCCC1. The van der Waals surface area contributed by atoms with Gasteiger partial charge in [-0.1, -0.05) is 12.8 Å². The van der Waals surface area contributed by atoms with E-state index in [1.54, 1.807) is 36.4 Å². The molecule has 1 amide bonds. The van der Waals surface area contributed by atoms with Crippen LogP contribution in [0.1, 0.15) is 36.0 Å². The van der Waals surface area contributed by atoms with Gasteiger partial charge in [0.25, 0.3) is 5.91 Å². The van der Waals surface area contributed by atoms with Crippen molar-refractivity contribution in [2.24, 2.45) is 0 Å². The lowest BCUT2D eigenvalue weighted by Gasteiger charge is -2.11. The van der Waals surface area contributed by atoms with E-state index in [4.69, 9.17) is 0 Å². The highest BCUT2D eigenvalue weighted by molar-refractivity contribution is 7.99. The maximum absolute atomic E-state index is 12.3. The predicted octanol–water partition coefficient (Wildman–Crippen LogP) is 3.09. The van der Waals surface area contributed by atoms with Gasteiger partial charge in [0.2, 0.25) is 0 Å². The van der Waals surface area contributed by atoms with E-state index < -0.39 is 0 Å². The van der Waals surface area contributed by atoms with Crippen LogP contribution in [-0.2, 0) is 0 Å². The first kappa shape index (κ1) is 13.2. The number of hydrogen-bond donors (Lipinski definition) is 2. The normalized spacial score (nSPS) is 15.4. The molecule has 0 spiro atoms. The third-order valence-corrected chi connectivity index (χ3v) is 4.71. The number of amides is 1. The van der Waals surface area contributed by atoms with Crippen LogP contribution >= 0.6 is 11.8 Å². The summed E-state index contributed by atoms with van der Waals surface area (Å²) in [5.74, 6) is -0.139. The molecule has 0 radical (unpaired) electrons. The number of rotatable bonds is 4. The van der Waals surface area contributed by atoms with Gasteiger partial charge in [-0.2, -0.15) is 5.10 Å². The van der Waals surface area contributed by atoms with Crippen molar-refractivity contribution in [3.63, 3.8) is 0 Å². The molecule has 5 nitrogen and oxygen atoms in total. The van der Waals surface area contributed by atoms with Crippen molar-refractivity contribution < 1.29 is 4.79 Å². The van der Waals surface area contributed by atoms with E-state index in [0.717, 1.165) is 5.03 Å². The highest BCUT2D eigenvalue weighted by Crippen LogP contribution is 2.35. The van der Waals surface area contributed by atoms with Crippen LogP contribution in [0.3, 0.4) is 0 Å². The van der Waals surface area contributed by atoms with Gasteiger partial charge < -0.3 is 5.32 Å². The maximum Gasteiger partial charge on any atom is 0.258 e. The highest BCUT2D eigenvalue weighted by Gasteiger charge is 2.20. The molecule has 2 aromatic heterocycles. The van der Waals surface area contributed by atoms with E-state index >= 15 is 0 Å². The lowest BCUT2D eigenvalue weighted by Crippen LogP contribution is -2.13. The van der Waals surface area contributed by atoms with E-state index in [-0.39, 0.29) is 5.91 Å². The van der Waals surface area contributed by atoms with Crippen LogP contribution in [0.4, 0.5) is 5.69 Å². The Labute approximate surface area is 121 Å². The number of anilines is 1.